The van der Waals surface area contributed by atoms with E-state index in [1.165, 1.54) is 11.1 Å². The van der Waals surface area contributed by atoms with Crippen LogP contribution in [0.2, 0.25) is 10.0 Å². The van der Waals surface area contributed by atoms with Gasteiger partial charge in [0.25, 0.3) is 0 Å². The lowest BCUT2D eigenvalue weighted by Gasteiger charge is -2.14. The summed E-state index contributed by atoms with van der Waals surface area (Å²) in [6.45, 7) is 0.899. The summed E-state index contributed by atoms with van der Waals surface area (Å²) in [5.41, 5.74) is 3.58. The standard InChI is InChI=1S/C15H15Cl2N.ClH/c1-18(2)10-12-5-3-4-6-13(12)11-7-8-14(16)15(17)9-11;/h3-9H,10H2,1-2H3;1H. The van der Waals surface area contributed by atoms with E-state index < -0.39 is 0 Å². The fourth-order valence-corrected chi connectivity index (χ4v) is 2.24. The van der Waals surface area contributed by atoms with Crippen LogP contribution in [0.3, 0.4) is 0 Å². The normalized spacial score (nSPS) is 10.4. The summed E-state index contributed by atoms with van der Waals surface area (Å²) in [5.74, 6) is 0. The van der Waals surface area contributed by atoms with Gasteiger partial charge in [-0.2, -0.15) is 0 Å². The Morgan fingerprint density at radius 3 is 2.26 bits per heavy atom. The molecule has 1 nitrogen and oxygen atoms in total. The van der Waals surface area contributed by atoms with Crippen LogP contribution in [-0.2, 0) is 6.54 Å². The zero-order chi connectivity index (χ0) is 13.1. The molecule has 0 aromatic heterocycles. The minimum atomic E-state index is 0. The minimum Gasteiger partial charge on any atom is -0.305 e. The molecule has 0 unspecified atom stereocenters. The van der Waals surface area contributed by atoms with E-state index in [0.29, 0.717) is 10.0 Å². The maximum atomic E-state index is 6.08. The van der Waals surface area contributed by atoms with Crippen molar-refractivity contribution in [2.24, 2.45) is 0 Å². The molecule has 0 N–H and O–H groups in total. The van der Waals surface area contributed by atoms with Crippen LogP contribution in [-0.4, -0.2) is 19.0 Å². The Balaban J connectivity index is 0.00000180. The lowest BCUT2D eigenvalue weighted by atomic mass is 9.99. The fourth-order valence-electron chi connectivity index (χ4n) is 1.94. The zero-order valence-electron chi connectivity index (χ0n) is 10.9. The quantitative estimate of drug-likeness (QED) is 0.757. The lowest BCUT2D eigenvalue weighted by Crippen LogP contribution is -2.11. The van der Waals surface area contributed by atoms with E-state index in [1.54, 1.807) is 0 Å². The highest BCUT2D eigenvalue weighted by Crippen LogP contribution is 2.30. The van der Waals surface area contributed by atoms with Crippen LogP contribution >= 0.6 is 35.6 Å². The van der Waals surface area contributed by atoms with E-state index in [2.05, 4.69) is 37.2 Å². The van der Waals surface area contributed by atoms with Crippen molar-refractivity contribution in [1.82, 2.24) is 4.90 Å². The molecule has 0 heterocycles. The van der Waals surface area contributed by atoms with Crippen LogP contribution in [0.1, 0.15) is 5.56 Å². The van der Waals surface area contributed by atoms with Gasteiger partial charge in [-0.3, -0.25) is 0 Å². The monoisotopic (exact) mass is 315 g/mol. The van der Waals surface area contributed by atoms with Crippen molar-refractivity contribution in [2.75, 3.05) is 14.1 Å². The van der Waals surface area contributed by atoms with E-state index in [1.807, 2.05) is 24.3 Å². The van der Waals surface area contributed by atoms with Crippen molar-refractivity contribution >= 4 is 35.6 Å². The van der Waals surface area contributed by atoms with Crippen LogP contribution in [0.4, 0.5) is 0 Å². The third-order valence-electron chi connectivity index (χ3n) is 2.73. The van der Waals surface area contributed by atoms with E-state index in [4.69, 9.17) is 23.2 Å². The first-order valence-electron chi connectivity index (χ1n) is 5.76. The molecule has 0 saturated carbocycles. The van der Waals surface area contributed by atoms with Gasteiger partial charge in [0.1, 0.15) is 0 Å². The lowest BCUT2D eigenvalue weighted by molar-refractivity contribution is 0.403. The Morgan fingerprint density at radius 1 is 0.947 bits per heavy atom. The Kier molecular flexibility index (Phi) is 6.15. The molecular formula is C15H16Cl3N. The van der Waals surface area contributed by atoms with E-state index >= 15 is 0 Å². The van der Waals surface area contributed by atoms with Crippen molar-refractivity contribution in [2.45, 2.75) is 6.54 Å². The number of benzene rings is 2. The summed E-state index contributed by atoms with van der Waals surface area (Å²) in [6.07, 6.45) is 0. The first-order valence-corrected chi connectivity index (χ1v) is 6.51. The molecule has 0 amide bonds. The molecular weight excluding hydrogens is 301 g/mol. The van der Waals surface area contributed by atoms with Crippen molar-refractivity contribution in [1.29, 1.82) is 0 Å². The molecule has 102 valence electrons. The second-order valence-corrected chi connectivity index (χ2v) is 5.34. The highest BCUT2D eigenvalue weighted by molar-refractivity contribution is 6.42. The van der Waals surface area contributed by atoms with Gasteiger partial charge in [-0.1, -0.05) is 53.5 Å². The van der Waals surface area contributed by atoms with Gasteiger partial charge in [0.15, 0.2) is 0 Å². The summed E-state index contributed by atoms with van der Waals surface area (Å²) >= 11 is 12.0. The van der Waals surface area contributed by atoms with Gasteiger partial charge in [-0.25, -0.2) is 0 Å². The van der Waals surface area contributed by atoms with Gasteiger partial charge in [0.05, 0.1) is 10.0 Å². The maximum Gasteiger partial charge on any atom is 0.0598 e. The van der Waals surface area contributed by atoms with Crippen LogP contribution in [0.25, 0.3) is 11.1 Å². The first kappa shape index (κ1) is 16.3. The highest BCUT2D eigenvalue weighted by atomic mass is 35.5. The summed E-state index contributed by atoms with van der Waals surface area (Å²) in [7, 11) is 4.12. The van der Waals surface area contributed by atoms with E-state index in [0.717, 1.165) is 12.1 Å². The number of rotatable bonds is 3. The third-order valence-corrected chi connectivity index (χ3v) is 3.47. The Bertz CT molecular complexity index is 553. The minimum absolute atomic E-state index is 0. The summed E-state index contributed by atoms with van der Waals surface area (Å²) in [6, 6.07) is 14.1. The van der Waals surface area contributed by atoms with Crippen molar-refractivity contribution in [3.8, 4) is 11.1 Å². The second kappa shape index (κ2) is 7.16. The average Bonchev–Trinajstić information content (AvgIpc) is 2.33. The summed E-state index contributed by atoms with van der Waals surface area (Å²) in [4.78, 5) is 2.15. The molecule has 0 aliphatic rings. The van der Waals surface area contributed by atoms with Crippen molar-refractivity contribution in [3.63, 3.8) is 0 Å². The Hall–Kier alpha value is -0.730. The predicted molar refractivity (Wildman–Crippen MR) is 86.5 cm³/mol. The molecule has 0 saturated heterocycles. The molecule has 2 rings (SSSR count). The van der Waals surface area contributed by atoms with Gasteiger partial charge in [-0.15, -0.1) is 12.4 Å². The number of hydrogen-bond donors (Lipinski definition) is 0. The topological polar surface area (TPSA) is 3.24 Å². The van der Waals surface area contributed by atoms with Gasteiger partial charge >= 0.3 is 0 Å². The molecule has 2 aromatic rings. The molecule has 0 fully saturated rings. The molecule has 4 heteroatoms. The Labute approximate surface area is 130 Å². The molecule has 0 radical (unpaired) electrons. The third kappa shape index (κ3) is 4.12. The van der Waals surface area contributed by atoms with Crippen molar-refractivity contribution < 1.29 is 0 Å². The first-order chi connectivity index (χ1) is 8.58. The SMILES string of the molecule is CN(C)Cc1ccccc1-c1ccc(Cl)c(Cl)c1.Cl. The van der Waals surface area contributed by atoms with E-state index in [-0.39, 0.29) is 12.4 Å². The van der Waals surface area contributed by atoms with Gasteiger partial charge in [0, 0.05) is 6.54 Å². The predicted octanol–water partition coefficient (Wildman–Crippen LogP) is 5.14. The average molecular weight is 317 g/mol. The van der Waals surface area contributed by atoms with Crippen LogP contribution in [0.5, 0.6) is 0 Å². The second-order valence-electron chi connectivity index (χ2n) is 4.52. The molecule has 0 bridgehead atoms. The molecule has 0 atom stereocenters. The van der Waals surface area contributed by atoms with Crippen LogP contribution < -0.4 is 0 Å². The smallest absolute Gasteiger partial charge is 0.0598 e. The van der Waals surface area contributed by atoms with E-state index in [9.17, 15) is 0 Å². The zero-order valence-corrected chi connectivity index (χ0v) is 13.2. The number of hydrogen-bond acceptors (Lipinski definition) is 1. The molecule has 0 spiro atoms. The molecule has 19 heavy (non-hydrogen) atoms. The fraction of sp³-hybridized carbons (Fsp3) is 0.200. The largest absolute Gasteiger partial charge is 0.305 e. The highest BCUT2D eigenvalue weighted by Gasteiger charge is 2.07. The van der Waals surface area contributed by atoms with Crippen molar-refractivity contribution in [3.05, 3.63) is 58.1 Å². The maximum absolute atomic E-state index is 6.08. The molecule has 0 aliphatic heterocycles. The summed E-state index contributed by atoms with van der Waals surface area (Å²) in [5, 5.41) is 1.18. The molecule has 2 aromatic carbocycles. The van der Waals surface area contributed by atoms with Gasteiger partial charge in [-0.05, 0) is 42.9 Å². The van der Waals surface area contributed by atoms with Gasteiger partial charge < -0.3 is 4.90 Å². The van der Waals surface area contributed by atoms with Gasteiger partial charge in [0.2, 0.25) is 0 Å². The van der Waals surface area contributed by atoms with Crippen LogP contribution in [0.15, 0.2) is 42.5 Å². The Morgan fingerprint density at radius 2 is 1.63 bits per heavy atom. The summed E-state index contributed by atoms with van der Waals surface area (Å²) < 4.78 is 0. The number of halogens is 3. The van der Waals surface area contributed by atoms with Crippen LogP contribution in [0, 0.1) is 0 Å². The molecule has 0 aliphatic carbocycles. The number of nitrogens with zero attached hydrogens (tertiary/aromatic N) is 1.